The topological polar surface area (TPSA) is 14.2 Å². The molecule has 102 valence electrons. The van der Waals surface area contributed by atoms with Crippen LogP contribution in [0, 0.1) is 0 Å². The molecule has 0 aliphatic heterocycles. The maximum atomic E-state index is 6.03. The minimum Gasteiger partial charge on any atom is -0.487 e. The van der Waals surface area contributed by atoms with Gasteiger partial charge in [-0.05, 0) is 36.4 Å². The molecule has 0 aliphatic carbocycles. The third-order valence-electron chi connectivity index (χ3n) is 3.29. The molecule has 0 spiro atoms. The standard InChI is InChI=1S/C16H13Cl2NO/c1-19-14(7-11-5-6-13(18)9-16(11)19)10-20-15-4-2-3-12(17)8-15/h2-9H,10H2,1H3. The predicted octanol–water partition coefficient (Wildman–Crippen LogP) is 5.06. The quantitative estimate of drug-likeness (QED) is 0.659. The van der Waals surface area contributed by atoms with E-state index in [1.54, 1.807) is 6.07 Å². The highest BCUT2D eigenvalue weighted by atomic mass is 35.5. The smallest absolute Gasteiger partial charge is 0.128 e. The monoisotopic (exact) mass is 305 g/mol. The Morgan fingerprint density at radius 2 is 1.80 bits per heavy atom. The second-order valence-corrected chi connectivity index (χ2v) is 5.52. The lowest BCUT2D eigenvalue weighted by Gasteiger charge is -2.07. The Labute approximate surface area is 127 Å². The van der Waals surface area contributed by atoms with Gasteiger partial charge < -0.3 is 9.30 Å². The molecule has 0 aliphatic rings. The number of aryl methyl sites for hydroxylation is 1. The van der Waals surface area contributed by atoms with E-state index in [0.29, 0.717) is 11.6 Å². The third-order valence-corrected chi connectivity index (χ3v) is 3.76. The van der Waals surface area contributed by atoms with E-state index in [-0.39, 0.29) is 0 Å². The van der Waals surface area contributed by atoms with Crippen LogP contribution in [0.3, 0.4) is 0 Å². The summed E-state index contributed by atoms with van der Waals surface area (Å²) in [5, 5.41) is 2.56. The van der Waals surface area contributed by atoms with Crippen LogP contribution in [-0.2, 0) is 13.7 Å². The maximum Gasteiger partial charge on any atom is 0.128 e. The lowest BCUT2D eigenvalue weighted by molar-refractivity contribution is 0.298. The summed E-state index contributed by atoms with van der Waals surface area (Å²) in [4.78, 5) is 0. The number of ether oxygens (including phenoxy) is 1. The molecule has 4 heteroatoms. The average molecular weight is 306 g/mol. The van der Waals surface area contributed by atoms with Crippen molar-refractivity contribution in [3.63, 3.8) is 0 Å². The second-order valence-electron chi connectivity index (χ2n) is 4.64. The van der Waals surface area contributed by atoms with Crippen LogP contribution >= 0.6 is 23.2 Å². The summed E-state index contributed by atoms with van der Waals surface area (Å²) in [7, 11) is 2.01. The first-order valence-corrected chi connectivity index (χ1v) is 7.01. The molecule has 1 aromatic heterocycles. The lowest BCUT2D eigenvalue weighted by Crippen LogP contribution is -2.01. The molecule has 3 rings (SSSR count). The third kappa shape index (κ3) is 2.62. The Bertz CT molecular complexity index is 764. The minimum atomic E-state index is 0.489. The van der Waals surface area contributed by atoms with Crippen molar-refractivity contribution in [2.75, 3.05) is 0 Å². The number of nitrogens with zero attached hydrogens (tertiary/aromatic N) is 1. The zero-order valence-electron chi connectivity index (χ0n) is 10.9. The van der Waals surface area contributed by atoms with Gasteiger partial charge in [-0.1, -0.05) is 35.3 Å². The molecule has 0 unspecified atom stereocenters. The lowest BCUT2D eigenvalue weighted by atomic mass is 10.2. The van der Waals surface area contributed by atoms with Crippen molar-refractivity contribution in [1.82, 2.24) is 4.57 Å². The summed E-state index contributed by atoms with van der Waals surface area (Å²) in [6, 6.07) is 15.4. The van der Waals surface area contributed by atoms with Crippen molar-refractivity contribution in [1.29, 1.82) is 0 Å². The summed E-state index contributed by atoms with van der Waals surface area (Å²) in [6.45, 7) is 0.489. The molecule has 0 atom stereocenters. The van der Waals surface area contributed by atoms with Crippen molar-refractivity contribution in [2.45, 2.75) is 6.61 Å². The van der Waals surface area contributed by atoms with Gasteiger partial charge in [0.2, 0.25) is 0 Å². The van der Waals surface area contributed by atoms with Gasteiger partial charge in [0.05, 0.1) is 5.69 Å². The number of rotatable bonds is 3. The van der Waals surface area contributed by atoms with Gasteiger partial charge in [-0.15, -0.1) is 0 Å². The zero-order valence-corrected chi connectivity index (χ0v) is 12.4. The molecule has 2 aromatic carbocycles. The molecule has 3 aromatic rings. The zero-order chi connectivity index (χ0) is 14.1. The van der Waals surface area contributed by atoms with Crippen molar-refractivity contribution < 1.29 is 4.74 Å². The number of benzene rings is 2. The van der Waals surface area contributed by atoms with Gasteiger partial charge >= 0.3 is 0 Å². The molecule has 0 fully saturated rings. The molecular weight excluding hydrogens is 293 g/mol. The van der Waals surface area contributed by atoms with Crippen LogP contribution in [-0.4, -0.2) is 4.57 Å². The molecule has 20 heavy (non-hydrogen) atoms. The molecule has 0 saturated heterocycles. The van der Waals surface area contributed by atoms with Gasteiger partial charge in [-0.3, -0.25) is 0 Å². The summed E-state index contributed by atoms with van der Waals surface area (Å²) in [5.41, 5.74) is 2.18. The number of halogens is 2. The van der Waals surface area contributed by atoms with Crippen molar-refractivity contribution in [3.05, 3.63) is 64.3 Å². The van der Waals surface area contributed by atoms with Crippen LogP contribution in [0.4, 0.5) is 0 Å². The van der Waals surface area contributed by atoms with E-state index in [0.717, 1.165) is 27.4 Å². The van der Waals surface area contributed by atoms with Gasteiger partial charge in [0, 0.05) is 28.0 Å². The van der Waals surface area contributed by atoms with Crippen molar-refractivity contribution in [3.8, 4) is 5.75 Å². The van der Waals surface area contributed by atoms with E-state index >= 15 is 0 Å². The Hall–Kier alpha value is -1.64. The number of fused-ring (bicyclic) bond motifs is 1. The fraction of sp³-hybridized carbons (Fsp3) is 0.125. The normalized spacial score (nSPS) is 10.9. The van der Waals surface area contributed by atoms with E-state index in [2.05, 4.69) is 10.6 Å². The first-order chi connectivity index (χ1) is 9.63. The van der Waals surface area contributed by atoms with Gasteiger partial charge in [-0.2, -0.15) is 0 Å². The molecule has 0 N–H and O–H groups in total. The Morgan fingerprint density at radius 3 is 2.60 bits per heavy atom. The van der Waals surface area contributed by atoms with E-state index in [1.165, 1.54) is 0 Å². The fourth-order valence-electron chi connectivity index (χ4n) is 2.21. The van der Waals surface area contributed by atoms with Gasteiger partial charge in [-0.25, -0.2) is 0 Å². The van der Waals surface area contributed by atoms with Crippen LogP contribution in [0.2, 0.25) is 10.0 Å². The first-order valence-electron chi connectivity index (χ1n) is 6.26. The summed E-state index contributed by atoms with van der Waals surface area (Å²) < 4.78 is 7.86. The highest BCUT2D eigenvalue weighted by Crippen LogP contribution is 2.24. The van der Waals surface area contributed by atoms with E-state index < -0.39 is 0 Å². The van der Waals surface area contributed by atoms with Crippen LogP contribution in [0.1, 0.15) is 5.69 Å². The van der Waals surface area contributed by atoms with E-state index in [4.69, 9.17) is 27.9 Å². The van der Waals surface area contributed by atoms with Gasteiger partial charge in [0.1, 0.15) is 12.4 Å². The maximum absolute atomic E-state index is 6.03. The highest BCUT2D eigenvalue weighted by Gasteiger charge is 2.07. The van der Waals surface area contributed by atoms with Crippen molar-refractivity contribution in [2.24, 2.45) is 7.05 Å². The van der Waals surface area contributed by atoms with Crippen LogP contribution < -0.4 is 4.74 Å². The van der Waals surface area contributed by atoms with Gasteiger partial charge in [0.25, 0.3) is 0 Å². The number of hydrogen-bond donors (Lipinski definition) is 0. The SMILES string of the molecule is Cn1c(COc2cccc(Cl)c2)cc2ccc(Cl)cc21. The average Bonchev–Trinajstić information content (AvgIpc) is 2.73. The Balaban J connectivity index is 1.86. The molecule has 1 heterocycles. The van der Waals surface area contributed by atoms with Gasteiger partial charge in [0.15, 0.2) is 0 Å². The molecular formula is C16H13Cl2NO. The molecule has 2 nitrogen and oxygen atoms in total. The Kier molecular flexibility index (Phi) is 3.60. The predicted molar refractivity (Wildman–Crippen MR) is 83.7 cm³/mol. The fourth-order valence-corrected chi connectivity index (χ4v) is 2.56. The van der Waals surface area contributed by atoms with Crippen molar-refractivity contribution >= 4 is 34.1 Å². The van der Waals surface area contributed by atoms with E-state index in [9.17, 15) is 0 Å². The largest absolute Gasteiger partial charge is 0.487 e. The number of hydrogen-bond acceptors (Lipinski definition) is 1. The number of aromatic nitrogens is 1. The summed E-state index contributed by atoms with van der Waals surface area (Å²) >= 11 is 12.0. The highest BCUT2D eigenvalue weighted by molar-refractivity contribution is 6.31. The summed E-state index contributed by atoms with van der Waals surface area (Å²) in [5.74, 6) is 0.765. The molecule has 0 amide bonds. The second kappa shape index (κ2) is 5.39. The van der Waals surface area contributed by atoms with Crippen LogP contribution in [0.15, 0.2) is 48.5 Å². The Morgan fingerprint density at radius 1 is 1.00 bits per heavy atom. The minimum absolute atomic E-state index is 0.489. The van der Waals surface area contributed by atoms with Crippen LogP contribution in [0.25, 0.3) is 10.9 Å². The van der Waals surface area contributed by atoms with Crippen LogP contribution in [0.5, 0.6) is 5.75 Å². The molecule has 0 bridgehead atoms. The first kappa shape index (κ1) is 13.3. The molecule has 0 saturated carbocycles. The van der Waals surface area contributed by atoms with E-state index in [1.807, 2.05) is 43.4 Å². The molecule has 0 radical (unpaired) electrons. The summed E-state index contributed by atoms with van der Waals surface area (Å²) in [6.07, 6.45) is 0.